The molecular formula is C15H14O2. The van der Waals surface area contributed by atoms with Gasteiger partial charge in [0.25, 0.3) is 0 Å². The molecule has 0 aliphatic rings. The number of hydrogen-bond acceptors (Lipinski definition) is 1. The van der Waals surface area contributed by atoms with Crippen molar-refractivity contribution in [1.29, 1.82) is 0 Å². The van der Waals surface area contributed by atoms with Crippen LogP contribution in [0, 0.1) is 0 Å². The third kappa shape index (κ3) is 2.53. The van der Waals surface area contributed by atoms with E-state index in [0.717, 1.165) is 16.7 Å². The highest BCUT2D eigenvalue weighted by Crippen LogP contribution is 2.23. The summed E-state index contributed by atoms with van der Waals surface area (Å²) in [7, 11) is 0. The van der Waals surface area contributed by atoms with Gasteiger partial charge in [-0.05, 0) is 23.6 Å². The molecule has 0 aliphatic carbocycles. The summed E-state index contributed by atoms with van der Waals surface area (Å²) in [5, 5.41) is 9.00. The molecule has 2 aromatic rings. The first kappa shape index (κ1) is 11.4. The molecule has 0 saturated heterocycles. The molecule has 0 amide bonds. The number of hydrogen-bond donors (Lipinski definition) is 1. The van der Waals surface area contributed by atoms with Crippen LogP contribution in [0.15, 0.2) is 54.6 Å². The minimum absolute atomic E-state index is 0.473. The highest BCUT2D eigenvalue weighted by Gasteiger charge is 2.13. The highest BCUT2D eigenvalue weighted by molar-refractivity contribution is 5.76. The van der Waals surface area contributed by atoms with E-state index in [4.69, 9.17) is 5.11 Å². The smallest absolute Gasteiger partial charge is 0.310 e. The fourth-order valence-electron chi connectivity index (χ4n) is 1.76. The van der Waals surface area contributed by atoms with Gasteiger partial charge < -0.3 is 5.11 Å². The third-order valence-corrected chi connectivity index (χ3v) is 2.86. The van der Waals surface area contributed by atoms with E-state index in [1.54, 1.807) is 6.92 Å². The summed E-state index contributed by atoms with van der Waals surface area (Å²) in [5.41, 5.74) is 2.99. The molecule has 2 nitrogen and oxygen atoms in total. The molecule has 0 unspecified atom stereocenters. The van der Waals surface area contributed by atoms with Crippen LogP contribution in [-0.4, -0.2) is 11.1 Å². The van der Waals surface area contributed by atoms with Crippen LogP contribution >= 0.6 is 0 Å². The summed E-state index contributed by atoms with van der Waals surface area (Å²) in [6, 6.07) is 17.6. The van der Waals surface area contributed by atoms with Gasteiger partial charge >= 0.3 is 5.97 Å². The van der Waals surface area contributed by atoms with E-state index in [0.29, 0.717) is 0 Å². The van der Waals surface area contributed by atoms with Gasteiger partial charge in [0.2, 0.25) is 0 Å². The van der Waals surface area contributed by atoms with E-state index < -0.39 is 11.9 Å². The Morgan fingerprint density at radius 1 is 1.00 bits per heavy atom. The van der Waals surface area contributed by atoms with Crippen molar-refractivity contribution in [3.05, 3.63) is 60.2 Å². The lowest BCUT2D eigenvalue weighted by atomic mass is 9.96. The fourth-order valence-corrected chi connectivity index (χ4v) is 1.76. The average molecular weight is 226 g/mol. The molecule has 2 heteroatoms. The third-order valence-electron chi connectivity index (χ3n) is 2.86. The molecule has 1 atom stereocenters. The van der Waals surface area contributed by atoms with Gasteiger partial charge in [-0.25, -0.2) is 0 Å². The summed E-state index contributed by atoms with van der Waals surface area (Å²) in [6.45, 7) is 1.70. The van der Waals surface area contributed by atoms with Crippen LogP contribution in [-0.2, 0) is 4.79 Å². The summed E-state index contributed by atoms with van der Waals surface area (Å²) in [5.74, 6) is -1.27. The van der Waals surface area contributed by atoms with Crippen molar-refractivity contribution in [1.82, 2.24) is 0 Å². The molecule has 0 bridgehead atoms. The molecule has 17 heavy (non-hydrogen) atoms. The van der Waals surface area contributed by atoms with Crippen LogP contribution in [0.4, 0.5) is 0 Å². The summed E-state index contributed by atoms with van der Waals surface area (Å²) in [6.07, 6.45) is 0. The maximum atomic E-state index is 10.9. The van der Waals surface area contributed by atoms with Gasteiger partial charge in [0.15, 0.2) is 0 Å². The number of rotatable bonds is 3. The van der Waals surface area contributed by atoms with Crippen LogP contribution in [0.2, 0.25) is 0 Å². The molecule has 1 N–H and O–H groups in total. The zero-order valence-electron chi connectivity index (χ0n) is 9.63. The zero-order valence-corrected chi connectivity index (χ0v) is 9.63. The van der Waals surface area contributed by atoms with Gasteiger partial charge in [0.1, 0.15) is 0 Å². The monoisotopic (exact) mass is 226 g/mol. The van der Waals surface area contributed by atoms with Crippen LogP contribution in [0.25, 0.3) is 11.1 Å². The summed E-state index contributed by atoms with van der Waals surface area (Å²) in [4.78, 5) is 10.9. The van der Waals surface area contributed by atoms with Crippen molar-refractivity contribution in [2.75, 3.05) is 0 Å². The zero-order chi connectivity index (χ0) is 12.3. The number of carboxylic acids is 1. The van der Waals surface area contributed by atoms with Crippen LogP contribution in [0.3, 0.4) is 0 Å². The van der Waals surface area contributed by atoms with Gasteiger partial charge in [-0.1, -0.05) is 54.6 Å². The maximum absolute atomic E-state index is 10.9. The topological polar surface area (TPSA) is 37.3 Å². The van der Waals surface area contributed by atoms with E-state index in [1.165, 1.54) is 0 Å². The standard InChI is InChI=1S/C15H14O2/c1-11(15(16)17)13-8-5-9-14(10-13)12-6-3-2-4-7-12/h2-11H,1H3,(H,16,17)/t11-/m0/s1. The highest BCUT2D eigenvalue weighted by atomic mass is 16.4. The van der Waals surface area contributed by atoms with Gasteiger partial charge in [-0.3, -0.25) is 4.79 Å². The van der Waals surface area contributed by atoms with Crippen molar-refractivity contribution >= 4 is 5.97 Å². The van der Waals surface area contributed by atoms with Crippen molar-refractivity contribution in [3.8, 4) is 11.1 Å². The predicted molar refractivity (Wildman–Crippen MR) is 67.9 cm³/mol. The van der Waals surface area contributed by atoms with E-state index in [2.05, 4.69) is 0 Å². The Morgan fingerprint density at radius 2 is 1.65 bits per heavy atom. The van der Waals surface area contributed by atoms with E-state index >= 15 is 0 Å². The van der Waals surface area contributed by atoms with E-state index in [1.807, 2.05) is 54.6 Å². The van der Waals surface area contributed by atoms with Crippen molar-refractivity contribution in [2.24, 2.45) is 0 Å². The number of benzene rings is 2. The number of carboxylic acid groups (broad SMARTS) is 1. The van der Waals surface area contributed by atoms with Gasteiger partial charge in [0, 0.05) is 0 Å². The molecule has 0 heterocycles. The Labute approximate surface area is 101 Å². The Kier molecular flexibility index (Phi) is 3.24. The molecule has 0 radical (unpaired) electrons. The molecule has 0 saturated carbocycles. The molecular weight excluding hydrogens is 212 g/mol. The number of carbonyl (C=O) groups is 1. The Hall–Kier alpha value is -2.09. The normalized spacial score (nSPS) is 12.1. The summed E-state index contributed by atoms with van der Waals surface area (Å²) < 4.78 is 0. The molecule has 0 aromatic heterocycles. The lowest BCUT2D eigenvalue weighted by Crippen LogP contribution is -2.07. The quantitative estimate of drug-likeness (QED) is 0.869. The number of aliphatic carboxylic acids is 1. The average Bonchev–Trinajstić information content (AvgIpc) is 2.39. The van der Waals surface area contributed by atoms with E-state index in [-0.39, 0.29) is 0 Å². The largest absolute Gasteiger partial charge is 0.481 e. The first-order valence-electron chi connectivity index (χ1n) is 5.56. The van der Waals surface area contributed by atoms with Gasteiger partial charge in [0.05, 0.1) is 5.92 Å². The van der Waals surface area contributed by atoms with Crippen molar-refractivity contribution in [2.45, 2.75) is 12.8 Å². The van der Waals surface area contributed by atoms with E-state index in [9.17, 15) is 4.79 Å². The molecule has 0 fully saturated rings. The molecule has 0 aliphatic heterocycles. The lowest BCUT2D eigenvalue weighted by molar-refractivity contribution is -0.138. The van der Waals surface area contributed by atoms with Crippen LogP contribution < -0.4 is 0 Å². The Bertz CT molecular complexity index is 517. The fraction of sp³-hybridized carbons (Fsp3) is 0.133. The Balaban J connectivity index is 2.39. The summed E-state index contributed by atoms with van der Waals surface area (Å²) >= 11 is 0. The molecule has 86 valence electrons. The van der Waals surface area contributed by atoms with Crippen LogP contribution in [0.1, 0.15) is 18.4 Å². The molecule has 2 aromatic carbocycles. The molecule has 2 rings (SSSR count). The minimum atomic E-state index is -0.796. The Morgan fingerprint density at radius 3 is 2.29 bits per heavy atom. The SMILES string of the molecule is C[C@H](C(=O)O)c1cccc(-c2ccccc2)c1. The van der Waals surface area contributed by atoms with Crippen molar-refractivity contribution < 1.29 is 9.90 Å². The lowest BCUT2D eigenvalue weighted by Gasteiger charge is -2.09. The first-order chi connectivity index (χ1) is 8.18. The first-order valence-corrected chi connectivity index (χ1v) is 5.56. The van der Waals surface area contributed by atoms with Crippen LogP contribution in [0.5, 0.6) is 0 Å². The predicted octanol–water partition coefficient (Wildman–Crippen LogP) is 3.54. The second kappa shape index (κ2) is 4.83. The van der Waals surface area contributed by atoms with Crippen molar-refractivity contribution in [3.63, 3.8) is 0 Å². The minimum Gasteiger partial charge on any atom is -0.481 e. The second-order valence-electron chi connectivity index (χ2n) is 4.05. The van der Waals surface area contributed by atoms with Gasteiger partial charge in [-0.2, -0.15) is 0 Å². The van der Waals surface area contributed by atoms with Gasteiger partial charge in [-0.15, -0.1) is 0 Å². The maximum Gasteiger partial charge on any atom is 0.310 e. The molecule has 0 spiro atoms. The second-order valence-corrected chi connectivity index (χ2v) is 4.05.